The van der Waals surface area contributed by atoms with Gasteiger partial charge in [0.05, 0.1) is 13.1 Å². The van der Waals surface area contributed by atoms with Crippen LogP contribution in [-0.4, -0.2) is 43.1 Å². The van der Waals surface area contributed by atoms with Crippen LogP contribution >= 0.6 is 0 Å². The monoisotopic (exact) mass is 339 g/mol. The minimum absolute atomic E-state index is 0.0977. The van der Waals surface area contributed by atoms with Crippen molar-refractivity contribution in [2.24, 2.45) is 5.73 Å². The van der Waals surface area contributed by atoms with Crippen LogP contribution in [0, 0.1) is 0 Å². The van der Waals surface area contributed by atoms with Crippen molar-refractivity contribution in [3.05, 3.63) is 30.3 Å². The number of halogens is 2. The quantitative estimate of drug-likeness (QED) is 0.855. The molecule has 1 aliphatic rings. The van der Waals surface area contributed by atoms with E-state index in [1.807, 2.05) is 0 Å². The number of hydrogen-bond donors (Lipinski definition) is 2. The predicted octanol–water partition coefficient (Wildman–Crippen LogP) is 1.44. The summed E-state index contributed by atoms with van der Waals surface area (Å²) in [6, 6.07) is 4.98. The van der Waals surface area contributed by atoms with Crippen molar-refractivity contribution in [3.63, 3.8) is 0 Å². The normalized spacial score (nSPS) is 13.6. The van der Waals surface area contributed by atoms with Gasteiger partial charge in [0, 0.05) is 5.56 Å². The Bertz CT molecular complexity index is 748. The molecular weight excluding hydrogens is 324 g/mol. The second-order valence-corrected chi connectivity index (χ2v) is 5.13. The Morgan fingerprint density at radius 2 is 2.04 bits per heavy atom. The number of aromatic nitrogens is 1. The first kappa shape index (κ1) is 16.2. The maximum atomic E-state index is 13.2. The summed E-state index contributed by atoms with van der Waals surface area (Å²) in [4.78, 5) is 15.9. The minimum Gasteiger partial charge on any atom is -0.486 e. The van der Waals surface area contributed by atoms with Crippen molar-refractivity contribution in [1.82, 2.24) is 10.3 Å². The van der Waals surface area contributed by atoms with E-state index in [4.69, 9.17) is 19.6 Å². The molecule has 0 atom stereocenters. The number of rotatable bonds is 5. The molecule has 9 heteroatoms. The van der Waals surface area contributed by atoms with Gasteiger partial charge in [0.25, 0.3) is 11.8 Å². The van der Waals surface area contributed by atoms with Gasteiger partial charge in [0.1, 0.15) is 13.2 Å². The van der Waals surface area contributed by atoms with Gasteiger partial charge in [-0.05, 0) is 18.2 Å². The SMILES string of the molecule is NCC(F)(F)CNC(=O)c1ncoc1-c1ccc2c(c1)OCCO2. The molecule has 0 bridgehead atoms. The number of nitrogens with one attached hydrogen (secondary N) is 1. The van der Waals surface area contributed by atoms with E-state index in [9.17, 15) is 13.6 Å². The highest BCUT2D eigenvalue weighted by Crippen LogP contribution is 2.35. The zero-order valence-electron chi connectivity index (χ0n) is 12.6. The molecule has 2 heterocycles. The standard InChI is InChI=1S/C15H15F2N3O4/c16-15(17,6-18)7-19-14(21)12-13(24-8-20-12)9-1-2-10-11(5-9)23-4-3-22-10/h1-2,5,8H,3-4,6-7,18H2,(H,19,21). The molecule has 24 heavy (non-hydrogen) atoms. The number of oxazole rings is 1. The van der Waals surface area contributed by atoms with Crippen LogP contribution in [0.15, 0.2) is 29.0 Å². The van der Waals surface area contributed by atoms with Crippen LogP contribution < -0.4 is 20.5 Å². The first-order chi connectivity index (χ1) is 11.5. The predicted molar refractivity (Wildman–Crippen MR) is 79.3 cm³/mol. The number of benzene rings is 1. The molecule has 2 aromatic rings. The number of hydrogen-bond acceptors (Lipinski definition) is 6. The van der Waals surface area contributed by atoms with E-state index < -0.39 is 24.9 Å². The second kappa shape index (κ2) is 6.44. The summed E-state index contributed by atoms with van der Waals surface area (Å²) in [6.07, 6.45) is 1.07. The highest BCUT2D eigenvalue weighted by Gasteiger charge is 2.29. The first-order valence-corrected chi connectivity index (χ1v) is 7.20. The third-order valence-electron chi connectivity index (χ3n) is 3.39. The van der Waals surface area contributed by atoms with Crippen molar-refractivity contribution in [2.75, 3.05) is 26.3 Å². The van der Waals surface area contributed by atoms with Gasteiger partial charge in [-0.1, -0.05) is 0 Å². The first-order valence-electron chi connectivity index (χ1n) is 7.20. The number of amides is 1. The molecule has 0 spiro atoms. The highest BCUT2D eigenvalue weighted by molar-refractivity contribution is 5.97. The van der Waals surface area contributed by atoms with Gasteiger partial charge in [-0.25, -0.2) is 13.8 Å². The van der Waals surface area contributed by atoms with Crippen LogP contribution in [0.25, 0.3) is 11.3 Å². The van der Waals surface area contributed by atoms with Gasteiger partial charge >= 0.3 is 0 Å². The zero-order valence-corrected chi connectivity index (χ0v) is 12.6. The van der Waals surface area contributed by atoms with Crippen molar-refractivity contribution < 1.29 is 27.5 Å². The van der Waals surface area contributed by atoms with E-state index in [1.54, 1.807) is 18.2 Å². The number of fused-ring (bicyclic) bond motifs is 1. The third kappa shape index (κ3) is 3.30. The molecule has 0 fully saturated rings. The Balaban J connectivity index is 1.81. The summed E-state index contributed by atoms with van der Waals surface area (Å²) in [5, 5.41) is 2.10. The van der Waals surface area contributed by atoms with Crippen molar-refractivity contribution >= 4 is 5.91 Å². The summed E-state index contributed by atoms with van der Waals surface area (Å²) in [6.45, 7) is -0.872. The van der Waals surface area contributed by atoms with E-state index in [-0.39, 0.29) is 11.5 Å². The molecule has 1 aromatic heterocycles. The summed E-state index contributed by atoms with van der Waals surface area (Å²) >= 11 is 0. The zero-order chi connectivity index (χ0) is 17.2. The third-order valence-corrected chi connectivity index (χ3v) is 3.39. The fraction of sp³-hybridized carbons (Fsp3) is 0.333. The van der Waals surface area contributed by atoms with Crippen LogP contribution in [0.3, 0.4) is 0 Å². The largest absolute Gasteiger partial charge is 0.486 e. The number of alkyl halides is 2. The fourth-order valence-electron chi connectivity index (χ4n) is 2.16. The van der Waals surface area contributed by atoms with Gasteiger partial charge in [-0.3, -0.25) is 4.79 Å². The van der Waals surface area contributed by atoms with Crippen molar-refractivity contribution in [2.45, 2.75) is 5.92 Å². The Kier molecular flexibility index (Phi) is 4.34. The lowest BCUT2D eigenvalue weighted by molar-refractivity contribution is 0.0118. The molecule has 3 rings (SSSR count). The van der Waals surface area contributed by atoms with Gasteiger partial charge in [-0.2, -0.15) is 0 Å². The molecule has 0 unspecified atom stereocenters. The van der Waals surface area contributed by atoms with Crippen molar-refractivity contribution in [1.29, 1.82) is 0 Å². The maximum Gasteiger partial charge on any atom is 0.277 e. The van der Waals surface area contributed by atoms with E-state index in [1.165, 1.54) is 0 Å². The number of carbonyl (C=O) groups excluding carboxylic acids is 1. The Morgan fingerprint density at radius 3 is 2.79 bits per heavy atom. The van der Waals surface area contributed by atoms with Gasteiger partial charge in [0.2, 0.25) is 0 Å². The average molecular weight is 339 g/mol. The topological polar surface area (TPSA) is 99.6 Å². The van der Waals surface area contributed by atoms with Crippen LogP contribution in [0.1, 0.15) is 10.5 Å². The molecule has 7 nitrogen and oxygen atoms in total. The number of carbonyl (C=O) groups is 1. The molecule has 0 saturated heterocycles. The summed E-state index contributed by atoms with van der Waals surface area (Å²) in [5.41, 5.74) is 5.36. The molecule has 0 aliphatic carbocycles. The molecule has 1 aromatic carbocycles. The number of nitrogens with zero attached hydrogens (tertiary/aromatic N) is 1. The molecule has 1 aliphatic heterocycles. The van der Waals surface area contributed by atoms with Gasteiger partial charge < -0.3 is 24.9 Å². The van der Waals surface area contributed by atoms with Crippen LogP contribution in [0.4, 0.5) is 8.78 Å². The smallest absolute Gasteiger partial charge is 0.277 e. The molecule has 0 radical (unpaired) electrons. The van der Waals surface area contributed by atoms with E-state index in [0.29, 0.717) is 30.3 Å². The molecule has 1 amide bonds. The van der Waals surface area contributed by atoms with Crippen LogP contribution in [0.2, 0.25) is 0 Å². The Hall–Kier alpha value is -2.68. The second-order valence-electron chi connectivity index (χ2n) is 5.13. The highest BCUT2D eigenvalue weighted by atomic mass is 19.3. The lowest BCUT2D eigenvalue weighted by Crippen LogP contribution is -2.41. The van der Waals surface area contributed by atoms with E-state index >= 15 is 0 Å². The van der Waals surface area contributed by atoms with Crippen LogP contribution in [-0.2, 0) is 0 Å². The van der Waals surface area contributed by atoms with Crippen molar-refractivity contribution in [3.8, 4) is 22.8 Å². The molecule has 128 valence electrons. The van der Waals surface area contributed by atoms with Crippen LogP contribution in [0.5, 0.6) is 11.5 Å². The fourth-order valence-corrected chi connectivity index (χ4v) is 2.16. The van der Waals surface area contributed by atoms with Gasteiger partial charge in [0.15, 0.2) is 29.3 Å². The summed E-state index contributed by atoms with van der Waals surface area (Å²) in [7, 11) is 0. The average Bonchev–Trinajstić information content (AvgIpc) is 3.09. The lowest BCUT2D eigenvalue weighted by Gasteiger charge is -2.18. The van der Waals surface area contributed by atoms with Gasteiger partial charge in [-0.15, -0.1) is 0 Å². The Morgan fingerprint density at radius 1 is 1.29 bits per heavy atom. The number of nitrogens with two attached hydrogens (primary N) is 1. The maximum absolute atomic E-state index is 13.2. The Labute approximate surface area is 135 Å². The van der Waals surface area contributed by atoms with E-state index in [2.05, 4.69) is 10.3 Å². The minimum atomic E-state index is -3.18. The molecular formula is C15H15F2N3O4. The lowest BCUT2D eigenvalue weighted by atomic mass is 10.1. The summed E-state index contributed by atoms with van der Waals surface area (Å²) < 4.78 is 42.4. The van der Waals surface area contributed by atoms with E-state index in [0.717, 1.165) is 6.39 Å². The molecule has 0 saturated carbocycles. The molecule has 3 N–H and O–H groups in total. The summed E-state index contributed by atoms with van der Waals surface area (Å²) in [5.74, 6) is -2.71. The number of ether oxygens (including phenoxy) is 2.